The van der Waals surface area contributed by atoms with Crippen molar-refractivity contribution in [2.45, 2.75) is 25.9 Å². The molecule has 0 spiro atoms. The van der Waals surface area contributed by atoms with Gasteiger partial charge in [-0.15, -0.1) is 0 Å². The van der Waals surface area contributed by atoms with Gasteiger partial charge < -0.3 is 9.84 Å². The number of ether oxygens (including phenoxy) is 1. The van der Waals surface area contributed by atoms with Crippen LogP contribution in [0.15, 0.2) is 24.3 Å². The van der Waals surface area contributed by atoms with Gasteiger partial charge in [0, 0.05) is 6.42 Å². The van der Waals surface area contributed by atoms with Crippen LogP contribution in [-0.4, -0.2) is 23.3 Å². The van der Waals surface area contributed by atoms with Crippen LogP contribution in [-0.2, 0) is 16.0 Å². The predicted molar refractivity (Wildman–Crippen MR) is 62.1 cm³/mol. The molecule has 1 unspecified atom stereocenters. The molecular formula is C13H15NO3. The maximum absolute atomic E-state index is 11.5. The third kappa shape index (κ3) is 3.58. The molecule has 0 aliphatic carbocycles. The first kappa shape index (κ1) is 13.2. The lowest BCUT2D eigenvalue weighted by Gasteiger charge is -2.20. The van der Waals surface area contributed by atoms with Crippen LogP contribution in [0.2, 0.25) is 0 Å². The number of nitriles is 1. The smallest absolute Gasteiger partial charge is 0.338 e. The summed E-state index contributed by atoms with van der Waals surface area (Å²) in [6.45, 7) is 3.35. The van der Waals surface area contributed by atoms with E-state index in [1.54, 1.807) is 31.2 Å². The summed E-state index contributed by atoms with van der Waals surface area (Å²) < 4.78 is 4.78. The van der Waals surface area contributed by atoms with E-state index < -0.39 is 11.6 Å². The molecule has 4 nitrogen and oxygen atoms in total. The van der Waals surface area contributed by atoms with Gasteiger partial charge in [-0.2, -0.15) is 5.26 Å². The molecule has 0 saturated heterocycles. The van der Waals surface area contributed by atoms with E-state index in [0.29, 0.717) is 5.56 Å². The summed E-state index contributed by atoms with van der Waals surface area (Å²) in [6, 6.07) is 8.73. The Hall–Kier alpha value is -1.86. The van der Waals surface area contributed by atoms with E-state index in [-0.39, 0.29) is 13.0 Å². The first-order valence-corrected chi connectivity index (χ1v) is 5.38. The van der Waals surface area contributed by atoms with E-state index in [1.165, 1.54) is 6.92 Å². The lowest BCUT2D eigenvalue weighted by Crippen LogP contribution is -2.39. The molecule has 1 aromatic carbocycles. The Bertz CT molecular complexity index is 429. The zero-order valence-electron chi connectivity index (χ0n) is 9.93. The Morgan fingerprint density at radius 3 is 2.53 bits per heavy atom. The van der Waals surface area contributed by atoms with Crippen molar-refractivity contribution in [3.8, 4) is 6.07 Å². The van der Waals surface area contributed by atoms with E-state index in [0.717, 1.165) is 5.56 Å². The minimum atomic E-state index is -1.54. The average Bonchev–Trinajstić information content (AvgIpc) is 2.30. The van der Waals surface area contributed by atoms with Gasteiger partial charge >= 0.3 is 5.97 Å². The van der Waals surface area contributed by atoms with Crippen molar-refractivity contribution >= 4 is 5.97 Å². The van der Waals surface area contributed by atoms with Crippen molar-refractivity contribution in [1.82, 2.24) is 0 Å². The molecule has 0 amide bonds. The number of esters is 1. The minimum absolute atomic E-state index is 0.164. The van der Waals surface area contributed by atoms with Crippen molar-refractivity contribution in [2.75, 3.05) is 6.61 Å². The molecule has 1 N–H and O–H groups in total. The van der Waals surface area contributed by atoms with Gasteiger partial charge in [-0.25, -0.2) is 4.79 Å². The van der Waals surface area contributed by atoms with E-state index >= 15 is 0 Å². The fourth-order valence-corrected chi connectivity index (χ4v) is 1.45. The zero-order valence-corrected chi connectivity index (χ0v) is 9.93. The standard InChI is InChI=1S/C13H15NO3/c1-3-17-12(15)13(2,16)8-10-4-6-11(9-14)7-5-10/h4-7,16H,3,8H2,1-2H3. The highest BCUT2D eigenvalue weighted by molar-refractivity contribution is 5.79. The first-order valence-electron chi connectivity index (χ1n) is 5.38. The summed E-state index contributed by atoms with van der Waals surface area (Å²) in [5.41, 5.74) is -0.212. The lowest BCUT2D eigenvalue weighted by molar-refractivity contribution is -0.162. The summed E-state index contributed by atoms with van der Waals surface area (Å²) in [7, 11) is 0. The lowest BCUT2D eigenvalue weighted by atomic mass is 9.96. The molecule has 1 aromatic rings. The zero-order chi connectivity index (χ0) is 12.9. The summed E-state index contributed by atoms with van der Waals surface area (Å²) in [5.74, 6) is -0.635. The van der Waals surface area contributed by atoms with E-state index in [4.69, 9.17) is 10.00 Å². The fourth-order valence-electron chi connectivity index (χ4n) is 1.45. The molecule has 0 saturated carbocycles. The van der Waals surface area contributed by atoms with E-state index in [9.17, 15) is 9.90 Å². The number of aliphatic hydroxyl groups is 1. The van der Waals surface area contributed by atoms with E-state index in [1.807, 2.05) is 6.07 Å². The SMILES string of the molecule is CCOC(=O)C(C)(O)Cc1ccc(C#N)cc1. The van der Waals surface area contributed by atoms with Gasteiger partial charge in [-0.1, -0.05) is 12.1 Å². The number of carbonyl (C=O) groups is 1. The molecular weight excluding hydrogens is 218 g/mol. The van der Waals surface area contributed by atoms with Crippen molar-refractivity contribution in [1.29, 1.82) is 5.26 Å². The number of carbonyl (C=O) groups excluding carboxylic acids is 1. The number of hydrogen-bond acceptors (Lipinski definition) is 4. The maximum atomic E-state index is 11.5. The third-order valence-corrected chi connectivity index (χ3v) is 2.35. The summed E-state index contributed by atoms with van der Waals surface area (Å²) in [4.78, 5) is 11.5. The summed E-state index contributed by atoms with van der Waals surface area (Å²) in [5, 5.41) is 18.6. The molecule has 4 heteroatoms. The Kier molecular flexibility index (Phi) is 4.24. The molecule has 0 radical (unpaired) electrons. The molecule has 90 valence electrons. The molecule has 17 heavy (non-hydrogen) atoms. The van der Waals surface area contributed by atoms with Crippen LogP contribution in [0, 0.1) is 11.3 Å². The topological polar surface area (TPSA) is 70.3 Å². The fraction of sp³-hybridized carbons (Fsp3) is 0.385. The van der Waals surface area contributed by atoms with Gasteiger partial charge in [-0.05, 0) is 31.5 Å². The molecule has 0 bridgehead atoms. The number of hydrogen-bond donors (Lipinski definition) is 1. The van der Waals surface area contributed by atoms with Crippen molar-refractivity contribution in [2.24, 2.45) is 0 Å². The Labute approximate surface area is 100 Å². The van der Waals surface area contributed by atoms with Gasteiger partial charge in [-0.3, -0.25) is 0 Å². The van der Waals surface area contributed by atoms with Crippen LogP contribution in [0.25, 0.3) is 0 Å². The van der Waals surface area contributed by atoms with Gasteiger partial charge in [0.2, 0.25) is 0 Å². The molecule has 0 heterocycles. The predicted octanol–water partition coefficient (Wildman–Crippen LogP) is 1.41. The second kappa shape index (κ2) is 5.46. The molecule has 0 aromatic heterocycles. The molecule has 0 aliphatic rings. The van der Waals surface area contributed by atoms with Crippen LogP contribution >= 0.6 is 0 Å². The second-order valence-electron chi connectivity index (χ2n) is 3.98. The quantitative estimate of drug-likeness (QED) is 0.798. The van der Waals surface area contributed by atoms with Crippen LogP contribution in [0.5, 0.6) is 0 Å². The van der Waals surface area contributed by atoms with Crippen molar-refractivity contribution in [3.63, 3.8) is 0 Å². The number of nitrogens with zero attached hydrogens (tertiary/aromatic N) is 1. The minimum Gasteiger partial charge on any atom is -0.464 e. The van der Waals surface area contributed by atoms with Crippen LogP contribution < -0.4 is 0 Å². The van der Waals surface area contributed by atoms with Crippen molar-refractivity contribution < 1.29 is 14.6 Å². The van der Waals surface area contributed by atoms with Gasteiger partial charge in [0.25, 0.3) is 0 Å². The average molecular weight is 233 g/mol. The molecule has 0 aliphatic heterocycles. The number of benzene rings is 1. The normalized spacial score (nSPS) is 13.5. The van der Waals surface area contributed by atoms with Crippen LogP contribution in [0.4, 0.5) is 0 Å². The molecule has 1 atom stereocenters. The van der Waals surface area contributed by atoms with Gasteiger partial charge in [0.1, 0.15) is 0 Å². The van der Waals surface area contributed by atoms with Crippen LogP contribution in [0.1, 0.15) is 25.0 Å². The first-order chi connectivity index (χ1) is 7.99. The Morgan fingerprint density at radius 1 is 1.47 bits per heavy atom. The third-order valence-electron chi connectivity index (χ3n) is 2.35. The Balaban J connectivity index is 2.76. The molecule has 0 fully saturated rings. The Morgan fingerprint density at radius 2 is 2.06 bits per heavy atom. The maximum Gasteiger partial charge on any atom is 0.338 e. The second-order valence-corrected chi connectivity index (χ2v) is 3.98. The summed E-state index contributed by atoms with van der Waals surface area (Å²) in [6.07, 6.45) is 0.164. The highest BCUT2D eigenvalue weighted by atomic mass is 16.5. The largest absolute Gasteiger partial charge is 0.464 e. The highest BCUT2D eigenvalue weighted by Crippen LogP contribution is 2.15. The highest BCUT2D eigenvalue weighted by Gasteiger charge is 2.31. The van der Waals surface area contributed by atoms with Crippen molar-refractivity contribution in [3.05, 3.63) is 35.4 Å². The van der Waals surface area contributed by atoms with E-state index in [2.05, 4.69) is 0 Å². The molecule has 1 rings (SSSR count). The van der Waals surface area contributed by atoms with Gasteiger partial charge in [0.05, 0.1) is 18.2 Å². The monoisotopic (exact) mass is 233 g/mol. The summed E-state index contributed by atoms with van der Waals surface area (Å²) >= 11 is 0. The number of rotatable bonds is 4. The van der Waals surface area contributed by atoms with Gasteiger partial charge in [0.15, 0.2) is 5.60 Å². The van der Waals surface area contributed by atoms with Crippen LogP contribution in [0.3, 0.4) is 0 Å².